The second-order valence-electron chi connectivity index (χ2n) is 4.49. The number of carboxylic acids is 1. The van der Waals surface area contributed by atoms with Gasteiger partial charge in [-0.2, -0.15) is 0 Å². The zero-order valence-corrected chi connectivity index (χ0v) is 11.0. The quantitative estimate of drug-likeness (QED) is 0.588. The fourth-order valence-electron chi connectivity index (χ4n) is 1.73. The van der Waals surface area contributed by atoms with E-state index in [9.17, 15) is 9.90 Å². The lowest BCUT2D eigenvalue weighted by atomic mass is 10.1. The van der Waals surface area contributed by atoms with Crippen LogP contribution in [0.1, 0.15) is 21.5 Å². The summed E-state index contributed by atoms with van der Waals surface area (Å²) in [7, 11) is 0. The number of ether oxygens (including phenoxy) is 1. The van der Waals surface area contributed by atoms with Gasteiger partial charge in [0.25, 0.3) is 0 Å². The van der Waals surface area contributed by atoms with E-state index >= 15 is 0 Å². The molecule has 0 spiro atoms. The van der Waals surface area contributed by atoms with Crippen molar-refractivity contribution in [2.24, 2.45) is 0 Å². The highest BCUT2D eigenvalue weighted by atomic mass is 16.5. The van der Waals surface area contributed by atoms with Gasteiger partial charge in [-0.05, 0) is 18.6 Å². The van der Waals surface area contributed by atoms with Gasteiger partial charge in [-0.15, -0.1) is 0 Å². The summed E-state index contributed by atoms with van der Waals surface area (Å²) in [5.41, 5.74) is 7.36. The number of carboxylic acid groups (broad SMARTS) is 1. The first-order chi connectivity index (χ1) is 9.47. The van der Waals surface area contributed by atoms with Gasteiger partial charge in [-0.3, -0.25) is 0 Å². The van der Waals surface area contributed by atoms with E-state index in [0.717, 1.165) is 11.1 Å². The lowest BCUT2D eigenvalue weighted by Gasteiger charge is -2.10. The van der Waals surface area contributed by atoms with Crippen LogP contribution >= 0.6 is 0 Å². The number of nitrogen functional groups attached to an aromatic ring is 1. The topological polar surface area (TPSA) is 92.8 Å². The summed E-state index contributed by atoms with van der Waals surface area (Å²) in [4.78, 5) is 11.0. The molecule has 0 aliphatic heterocycles. The van der Waals surface area contributed by atoms with Crippen LogP contribution in [0.15, 0.2) is 36.4 Å². The Hall–Kier alpha value is -2.69. The van der Waals surface area contributed by atoms with Crippen molar-refractivity contribution in [3.63, 3.8) is 0 Å². The Bertz CT molecular complexity index is 635. The maximum Gasteiger partial charge on any atom is 0.339 e. The molecular formula is C15H15NO4. The van der Waals surface area contributed by atoms with Gasteiger partial charge in [-0.1, -0.05) is 29.8 Å². The Kier molecular flexibility index (Phi) is 3.79. The third-order valence-corrected chi connectivity index (χ3v) is 2.87. The third kappa shape index (κ3) is 3.00. The molecule has 0 unspecified atom stereocenters. The molecule has 5 heteroatoms. The normalized spacial score (nSPS) is 10.2. The maximum atomic E-state index is 11.0. The highest BCUT2D eigenvalue weighted by Gasteiger charge is 2.14. The molecule has 0 bridgehead atoms. The summed E-state index contributed by atoms with van der Waals surface area (Å²) in [6.07, 6.45) is 0. The summed E-state index contributed by atoms with van der Waals surface area (Å²) < 4.78 is 5.50. The maximum absolute atomic E-state index is 11.0. The molecule has 0 aliphatic carbocycles. The zero-order chi connectivity index (χ0) is 14.7. The number of nitrogens with two attached hydrogens (primary N) is 1. The molecule has 0 aromatic heterocycles. The Balaban J connectivity index is 2.17. The van der Waals surface area contributed by atoms with E-state index in [-0.39, 0.29) is 11.3 Å². The van der Waals surface area contributed by atoms with Gasteiger partial charge in [0.05, 0.1) is 5.69 Å². The zero-order valence-electron chi connectivity index (χ0n) is 11.0. The molecular weight excluding hydrogens is 258 g/mol. The lowest BCUT2D eigenvalue weighted by Crippen LogP contribution is -2.02. The number of aryl methyl sites for hydroxylation is 1. The molecule has 5 nitrogen and oxygen atoms in total. The van der Waals surface area contributed by atoms with E-state index < -0.39 is 11.7 Å². The first-order valence-electron chi connectivity index (χ1n) is 6.01. The van der Waals surface area contributed by atoms with Gasteiger partial charge in [0.15, 0.2) is 5.75 Å². The number of aromatic hydroxyl groups is 1. The average molecular weight is 273 g/mol. The molecule has 0 fully saturated rings. The van der Waals surface area contributed by atoms with Crippen molar-refractivity contribution in [3.05, 3.63) is 53.1 Å². The lowest BCUT2D eigenvalue weighted by molar-refractivity contribution is 0.0693. The van der Waals surface area contributed by atoms with Gasteiger partial charge in [0, 0.05) is 6.07 Å². The minimum Gasteiger partial charge on any atom is -0.505 e. The molecule has 2 rings (SSSR count). The van der Waals surface area contributed by atoms with Crippen LogP contribution in [0, 0.1) is 6.92 Å². The van der Waals surface area contributed by atoms with E-state index in [4.69, 9.17) is 15.6 Å². The highest BCUT2D eigenvalue weighted by molar-refractivity contribution is 5.93. The SMILES string of the molecule is Cc1ccc(COc2cc(N)c(O)c(C(=O)O)c2)cc1. The van der Waals surface area contributed by atoms with Crippen molar-refractivity contribution >= 4 is 11.7 Å². The minimum atomic E-state index is -1.25. The summed E-state index contributed by atoms with van der Waals surface area (Å²) >= 11 is 0. The summed E-state index contributed by atoms with van der Waals surface area (Å²) in [5, 5.41) is 18.5. The monoisotopic (exact) mass is 273 g/mol. The Morgan fingerprint density at radius 2 is 1.90 bits per heavy atom. The molecule has 0 radical (unpaired) electrons. The molecule has 0 atom stereocenters. The van der Waals surface area contributed by atoms with Crippen LogP contribution in [0.2, 0.25) is 0 Å². The number of anilines is 1. The fourth-order valence-corrected chi connectivity index (χ4v) is 1.73. The van der Waals surface area contributed by atoms with Gasteiger partial charge >= 0.3 is 5.97 Å². The third-order valence-electron chi connectivity index (χ3n) is 2.87. The van der Waals surface area contributed by atoms with Crippen molar-refractivity contribution in [2.75, 3.05) is 5.73 Å². The van der Waals surface area contributed by atoms with Gasteiger partial charge in [0.1, 0.15) is 17.9 Å². The predicted octanol–water partition coefficient (Wildman–Crippen LogP) is 2.56. The summed E-state index contributed by atoms with van der Waals surface area (Å²) in [6.45, 7) is 2.29. The molecule has 4 N–H and O–H groups in total. The number of rotatable bonds is 4. The first kappa shape index (κ1) is 13.7. The van der Waals surface area contributed by atoms with Crippen LogP contribution in [-0.4, -0.2) is 16.2 Å². The van der Waals surface area contributed by atoms with Crippen LogP contribution in [0.3, 0.4) is 0 Å². The van der Waals surface area contributed by atoms with Crippen molar-refractivity contribution in [1.29, 1.82) is 0 Å². The second-order valence-corrected chi connectivity index (χ2v) is 4.49. The largest absolute Gasteiger partial charge is 0.505 e. The fraction of sp³-hybridized carbons (Fsp3) is 0.133. The molecule has 0 saturated carbocycles. The number of hydrogen-bond donors (Lipinski definition) is 3. The molecule has 2 aromatic carbocycles. The second kappa shape index (κ2) is 5.52. The smallest absolute Gasteiger partial charge is 0.339 e. The molecule has 20 heavy (non-hydrogen) atoms. The van der Waals surface area contributed by atoms with Crippen molar-refractivity contribution < 1.29 is 19.7 Å². The van der Waals surface area contributed by atoms with Crippen LogP contribution in [0.5, 0.6) is 11.5 Å². The summed E-state index contributed by atoms with van der Waals surface area (Å²) in [6, 6.07) is 10.4. The average Bonchev–Trinajstić information content (AvgIpc) is 2.41. The standard InChI is InChI=1S/C15H15NO4/c1-9-2-4-10(5-3-9)8-20-11-6-12(15(18)19)14(17)13(16)7-11/h2-7,17H,8,16H2,1H3,(H,18,19). The summed E-state index contributed by atoms with van der Waals surface area (Å²) in [5.74, 6) is -1.39. The number of benzene rings is 2. The van der Waals surface area contributed by atoms with Crippen LogP contribution < -0.4 is 10.5 Å². The first-order valence-corrected chi connectivity index (χ1v) is 6.01. The Labute approximate surface area is 116 Å². The van der Waals surface area contributed by atoms with Crippen molar-refractivity contribution in [2.45, 2.75) is 13.5 Å². The number of hydrogen-bond acceptors (Lipinski definition) is 4. The van der Waals surface area contributed by atoms with Crippen LogP contribution in [0.25, 0.3) is 0 Å². The van der Waals surface area contributed by atoms with Gasteiger partial charge in [0.2, 0.25) is 0 Å². The van der Waals surface area contributed by atoms with E-state index in [1.165, 1.54) is 12.1 Å². The number of phenols is 1. The van der Waals surface area contributed by atoms with Gasteiger partial charge in [-0.25, -0.2) is 4.79 Å². The van der Waals surface area contributed by atoms with E-state index in [2.05, 4.69) is 0 Å². The van der Waals surface area contributed by atoms with Gasteiger partial charge < -0.3 is 20.7 Å². The van der Waals surface area contributed by atoms with Crippen molar-refractivity contribution in [3.8, 4) is 11.5 Å². The molecule has 0 saturated heterocycles. The van der Waals surface area contributed by atoms with E-state index in [0.29, 0.717) is 12.4 Å². The predicted molar refractivity (Wildman–Crippen MR) is 75.0 cm³/mol. The van der Waals surface area contributed by atoms with Crippen LogP contribution in [0.4, 0.5) is 5.69 Å². The molecule has 0 amide bonds. The van der Waals surface area contributed by atoms with E-state index in [1.807, 2.05) is 31.2 Å². The number of carbonyl (C=O) groups is 1. The number of aromatic carboxylic acids is 1. The van der Waals surface area contributed by atoms with Crippen LogP contribution in [-0.2, 0) is 6.61 Å². The highest BCUT2D eigenvalue weighted by Crippen LogP contribution is 2.30. The Morgan fingerprint density at radius 1 is 1.25 bits per heavy atom. The molecule has 104 valence electrons. The minimum absolute atomic E-state index is 0.0243. The molecule has 0 heterocycles. The molecule has 0 aliphatic rings. The van der Waals surface area contributed by atoms with E-state index in [1.54, 1.807) is 0 Å². The molecule has 2 aromatic rings. The van der Waals surface area contributed by atoms with Crippen molar-refractivity contribution in [1.82, 2.24) is 0 Å². The Morgan fingerprint density at radius 3 is 2.50 bits per heavy atom.